The van der Waals surface area contributed by atoms with Gasteiger partial charge >= 0.3 is 0 Å². The Hall–Kier alpha value is -2.80. The molecular formula is C20H22N2O2. The first kappa shape index (κ1) is 17.6. The Morgan fingerprint density at radius 2 is 1.83 bits per heavy atom. The van der Waals surface area contributed by atoms with E-state index in [4.69, 9.17) is 10.00 Å². The molecule has 0 aliphatic carbocycles. The third-order valence-corrected chi connectivity index (χ3v) is 3.69. The molecule has 2 aromatic carbocycles. The molecule has 0 fully saturated rings. The van der Waals surface area contributed by atoms with E-state index in [9.17, 15) is 4.79 Å². The maximum atomic E-state index is 11.9. The largest absolute Gasteiger partial charge is 0.484 e. The van der Waals surface area contributed by atoms with Gasteiger partial charge in [0.2, 0.25) is 0 Å². The minimum Gasteiger partial charge on any atom is -0.484 e. The molecule has 0 bridgehead atoms. The Labute approximate surface area is 143 Å². The number of amides is 1. The van der Waals surface area contributed by atoms with Gasteiger partial charge in [0.1, 0.15) is 5.75 Å². The van der Waals surface area contributed by atoms with E-state index in [-0.39, 0.29) is 18.6 Å². The standard InChI is InChI=1S/C20H22N2O2/c1-16(7-8-17-5-3-2-4-6-17)22-20(23)15-24-19-11-9-18(10-12-19)13-14-21/h2-6,9-12,16H,7-8,13,15H2,1H3,(H,22,23). The van der Waals surface area contributed by atoms with Crippen LogP contribution in [-0.2, 0) is 17.6 Å². The van der Waals surface area contributed by atoms with Gasteiger partial charge in [0.15, 0.2) is 6.61 Å². The van der Waals surface area contributed by atoms with Crippen molar-refractivity contribution in [2.45, 2.75) is 32.2 Å². The number of rotatable bonds is 8. The number of hydrogen-bond donors (Lipinski definition) is 1. The van der Waals surface area contributed by atoms with E-state index < -0.39 is 0 Å². The van der Waals surface area contributed by atoms with Gasteiger partial charge in [-0.25, -0.2) is 0 Å². The number of benzene rings is 2. The van der Waals surface area contributed by atoms with Crippen LogP contribution in [-0.4, -0.2) is 18.6 Å². The average Bonchev–Trinajstić information content (AvgIpc) is 2.60. The third-order valence-electron chi connectivity index (χ3n) is 3.69. The highest BCUT2D eigenvalue weighted by atomic mass is 16.5. The second-order valence-corrected chi connectivity index (χ2v) is 5.76. The molecule has 2 aromatic rings. The van der Waals surface area contributed by atoms with Crippen LogP contribution in [0.3, 0.4) is 0 Å². The quantitative estimate of drug-likeness (QED) is 0.811. The van der Waals surface area contributed by atoms with Crippen LogP contribution in [0.25, 0.3) is 0 Å². The van der Waals surface area contributed by atoms with Crippen molar-refractivity contribution in [2.75, 3.05) is 6.61 Å². The fraction of sp³-hybridized carbons (Fsp3) is 0.300. The minimum absolute atomic E-state index is 0.00667. The Balaban J connectivity index is 1.69. The molecular weight excluding hydrogens is 300 g/mol. The predicted octanol–water partition coefficient (Wildman–Crippen LogP) is 3.27. The van der Waals surface area contributed by atoms with Crippen LogP contribution in [0.2, 0.25) is 0 Å². The van der Waals surface area contributed by atoms with Crippen LogP contribution in [0.4, 0.5) is 0 Å². The van der Waals surface area contributed by atoms with Crippen LogP contribution in [0.1, 0.15) is 24.5 Å². The molecule has 0 heterocycles. The molecule has 4 nitrogen and oxygen atoms in total. The first-order valence-electron chi connectivity index (χ1n) is 8.09. The van der Waals surface area contributed by atoms with E-state index in [2.05, 4.69) is 23.5 Å². The van der Waals surface area contributed by atoms with Crippen molar-refractivity contribution in [2.24, 2.45) is 0 Å². The van der Waals surface area contributed by atoms with Crippen LogP contribution in [0.5, 0.6) is 5.75 Å². The van der Waals surface area contributed by atoms with E-state index in [0.717, 1.165) is 18.4 Å². The molecule has 1 amide bonds. The van der Waals surface area contributed by atoms with Gasteiger partial charge in [-0.2, -0.15) is 5.26 Å². The summed E-state index contributed by atoms with van der Waals surface area (Å²) < 4.78 is 5.47. The number of nitrogens with zero attached hydrogens (tertiary/aromatic N) is 1. The van der Waals surface area contributed by atoms with Gasteiger partial charge in [-0.15, -0.1) is 0 Å². The lowest BCUT2D eigenvalue weighted by Gasteiger charge is -2.14. The maximum Gasteiger partial charge on any atom is 0.258 e. The van der Waals surface area contributed by atoms with Crippen LogP contribution >= 0.6 is 0 Å². The van der Waals surface area contributed by atoms with Crippen molar-refractivity contribution in [3.8, 4) is 11.8 Å². The highest BCUT2D eigenvalue weighted by Crippen LogP contribution is 2.12. The zero-order valence-corrected chi connectivity index (χ0v) is 13.9. The Bertz CT molecular complexity index is 675. The maximum absolute atomic E-state index is 11.9. The van der Waals surface area contributed by atoms with E-state index >= 15 is 0 Å². The van der Waals surface area contributed by atoms with Gasteiger partial charge in [0, 0.05) is 6.04 Å². The summed E-state index contributed by atoms with van der Waals surface area (Å²) in [6.07, 6.45) is 2.20. The fourth-order valence-corrected chi connectivity index (χ4v) is 2.36. The lowest BCUT2D eigenvalue weighted by Crippen LogP contribution is -2.36. The van der Waals surface area contributed by atoms with Gasteiger partial charge in [-0.05, 0) is 43.0 Å². The predicted molar refractivity (Wildman–Crippen MR) is 93.6 cm³/mol. The van der Waals surface area contributed by atoms with Crippen molar-refractivity contribution in [3.05, 3.63) is 65.7 Å². The summed E-state index contributed by atoms with van der Waals surface area (Å²) in [5, 5.41) is 11.6. The van der Waals surface area contributed by atoms with Crippen molar-refractivity contribution in [3.63, 3.8) is 0 Å². The number of nitriles is 1. The summed E-state index contributed by atoms with van der Waals surface area (Å²) >= 11 is 0. The SMILES string of the molecule is CC(CCc1ccccc1)NC(=O)COc1ccc(CC#N)cc1. The van der Waals surface area contributed by atoms with Crippen molar-refractivity contribution >= 4 is 5.91 Å². The summed E-state index contributed by atoms with van der Waals surface area (Å²) in [4.78, 5) is 11.9. The van der Waals surface area contributed by atoms with Crippen molar-refractivity contribution in [1.29, 1.82) is 5.26 Å². The second-order valence-electron chi connectivity index (χ2n) is 5.76. The molecule has 4 heteroatoms. The lowest BCUT2D eigenvalue weighted by molar-refractivity contribution is -0.123. The summed E-state index contributed by atoms with van der Waals surface area (Å²) in [5.41, 5.74) is 2.20. The monoisotopic (exact) mass is 322 g/mol. The average molecular weight is 322 g/mol. The molecule has 0 spiro atoms. The number of nitrogens with one attached hydrogen (secondary N) is 1. The highest BCUT2D eigenvalue weighted by molar-refractivity contribution is 5.77. The van der Waals surface area contributed by atoms with E-state index in [1.807, 2.05) is 37.3 Å². The third kappa shape index (κ3) is 6.13. The normalized spacial score (nSPS) is 11.3. The number of aryl methyl sites for hydroxylation is 1. The molecule has 2 rings (SSSR count). The molecule has 0 radical (unpaired) electrons. The summed E-state index contributed by atoms with van der Waals surface area (Å²) in [7, 11) is 0. The van der Waals surface area contributed by atoms with Crippen molar-refractivity contribution < 1.29 is 9.53 Å². The van der Waals surface area contributed by atoms with Gasteiger partial charge in [0.25, 0.3) is 5.91 Å². The molecule has 1 unspecified atom stereocenters. The summed E-state index contributed by atoms with van der Waals surface area (Å²) in [6.45, 7) is 1.99. The first-order valence-corrected chi connectivity index (χ1v) is 8.09. The van der Waals surface area contributed by atoms with E-state index in [1.165, 1.54) is 5.56 Å². The molecule has 24 heavy (non-hydrogen) atoms. The topological polar surface area (TPSA) is 62.1 Å². The smallest absolute Gasteiger partial charge is 0.258 e. The number of carbonyl (C=O) groups is 1. The molecule has 1 atom stereocenters. The molecule has 0 aliphatic heterocycles. The van der Waals surface area contributed by atoms with Gasteiger partial charge in [0.05, 0.1) is 12.5 Å². The fourth-order valence-electron chi connectivity index (χ4n) is 2.36. The summed E-state index contributed by atoms with van der Waals surface area (Å²) in [5.74, 6) is 0.500. The number of hydrogen-bond acceptors (Lipinski definition) is 3. The second kappa shape index (κ2) is 9.36. The molecule has 0 saturated carbocycles. The van der Waals surface area contributed by atoms with Gasteiger partial charge in [-0.1, -0.05) is 42.5 Å². The zero-order chi connectivity index (χ0) is 17.2. The summed E-state index contributed by atoms with van der Waals surface area (Å²) in [6, 6.07) is 19.6. The molecule has 0 aromatic heterocycles. The Morgan fingerprint density at radius 3 is 2.50 bits per heavy atom. The zero-order valence-electron chi connectivity index (χ0n) is 13.9. The molecule has 1 N–H and O–H groups in total. The molecule has 0 saturated heterocycles. The number of carbonyl (C=O) groups excluding carboxylic acids is 1. The van der Waals surface area contributed by atoms with Crippen molar-refractivity contribution in [1.82, 2.24) is 5.32 Å². The van der Waals surface area contributed by atoms with Crippen LogP contribution < -0.4 is 10.1 Å². The minimum atomic E-state index is -0.128. The Morgan fingerprint density at radius 1 is 1.12 bits per heavy atom. The van der Waals surface area contributed by atoms with Crippen LogP contribution in [0, 0.1) is 11.3 Å². The first-order chi connectivity index (χ1) is 11.7. The van der Waals surface area contributed by atoms with E-state index in [0.29, 0.717) is 12.2 Å². The van der Waals surface area contributed by atoms with Gasteiger partial charge in [-0.3, -0.25) is 4.79 Å². The number of ether oxygens (including phenoxy) is 1. The highest BCUT2D eigenvalue weighted by Gasteiger charge is 2.08. The van der Waals surface area contributed by atoms with Crippen LogP contribution in [0.15, 0.2) is 54.6 Å². The Kier molecular flexibility index (Phi) is 6.85. The molecule has 0 aliphatic rings. The lowest BCUT2D eigenvalue weighted by atomic mass is 10.1. The van der Waals surface area contributed by atoms with E-state index in [1.54, 1.807) is 12.1 Å². The molecule has 124 valence electrons. The van der Waals surface area contributed by atoms with Gasteiger partial charge < -0.3 is 10.1 Å².